The number of unbranched alkanes of at least 4 members (excludes halogenated alkanes) is 1. The molecule has 1 heterocycles. The Bertz CT molecular complexity index is 803. The van der Waals surface area contributed by atoms with E-state index in [9.17, 15) is 13.2 Å². The molecule has 180 valence electrons. The Morgan fingerprint density at radius 3 is 2.31 bits per heavy atom. The van der Waals surface area contributed by atoms with E-state index in [0.29, 0.717) is 25.1 Å². The first-order valence-corrected chi connectivity index (χ1v) is 13.7. The highest BCUT2D eigenvalue weighted by atomic mass is 32.3. The lowest BCUT2D eigenvalue weighted by Gasteiger charge is -2.13. The Kier molecular flexibility index (Phi) is 12.9. The van der Waals surface area contributed by atoms with Crippen molar-refractivity contribution in [1.29, 1.82) is 0 Å². The second-order valence-electron chi connectivity index (χ2n) is 7.64. The molecule has 0 saturated heterocycles. The summed E-state index contributed by atoms with van der Waals surface area (Å²) in [5, 5.41) is 9.55. The lowest BCUT2D eigenvalue weighted by atomic mass is 10.2. The molecular formula is C22H37N5O3S2. The number of nitrogens with two attached hydrogens (primary N) is 1. The number of nitrogens with one attached hydrogen (secondary N) is 4. The summed E-state index contributed by atoms with van der Waals surface area (Å²) in [6, 6.07) is 8.98. The molecule has 0 radical (unpaired) electrons. The van der Waals surface area contributed by atoms with Gasteiger partial charge in [-0.1, -0.05) is 24.3 Å². The third kappa shape index (κ3) is 10.5. The van der Waals surface area contributed by atoms with Crippen LogP contribution in [-0.4, -0.2) is 64.7 Å². The highest BCUT2D eigenvalue weighted by Gasteiger charge is 2.30. The molecule has 0 bridgehead atoms. The minimum absolute atomic E-state index is 0.160. The summed E-state index contributed by atoms with van der Waals surface area (Å²) >= 11 is 1.31. The zero-order valence-corrected chi connectivity index (χ0v) is 20.3. The van der Waals surface area contributed by atoms with Gasteiger partial charge in [0.2, 0.25) is 10.0 Å². The van der Waals surface area contributed by atoms with E-state index < -0.39 is 14.6 Å². The molecule has 8 nitrogen and oxygen atoms in total. The molecule has 0 saturated carbocycles. The summed E-state index contributed by atoms with van der Waals surface area (Å²) in [6.45, 7) is 5.20. The number of allylic oxidation sites excluding steroid dienone is 1. The normalized spacial score (nSPS) is 16.2. The predicted octanol–water partition coefficient (Wildman–Crippen LogP) is 1.38. The fourth-order valence-electron chi connectivity index (χ4n) is 3.15. The molecule has 1 aromatic rings. The van der Waals surface area contributed by atoms with Gasteiger partial charge in [-0.25, -0.2) is 13.1 Å². The zero-order chi connectivity index (χ0) is 23.1. The van der Waals surface area contributed by atoms with E-state index in [1.807, 2.05) is 24.3 Å². The number of carbonyl (C=O) groups is 1. The lowest BCUT2D eigenvalue weighted by Crippen LogP contribution is -2.33. The molecule has 0 aromatic heterocycles. The molecule has 1 unspecified atom stereocenters. The van der Waals surface area contributed by atoms with Crippen molar-refractivity contribution in [1.82, 2.24) is 20.7 Å². The Balaban J connectivity index is 1.52. The molecule has 1 aliphatic rings. The lowest BCUT2D eigenvalue weighted by molar-refractivity contribution is 0.0957. The van der Waals surface area contributed by atoms with Gasteiger partial charge in [-0.2, -0.15) is 0 Å². The monoisotopic (exact) mass is 483 g/mol. The van der Waals surface area contributed by atoms with Crippen molar-refractivity contribution in [2.75, 3.05) is 45.8 Å². The number of hydrogen-bond acceptors (Lipinski definition) is 7. The standard InChI is InChI=1S/C22H37N5O3S2/c23-12-6-15-24-13-4-5-14-25-16-7-17-27-32(29,30)21-11-10-20(31-21)18-26-22(28)19-8-2-1-3-9-19/h1-3,8-10,21,24-25,27H,4-7,11-18,23H2,(H,26,28). The second kappa shape index (κ2) is 15.4. The van der Waals surface area contributed by atoms with E-state index in [1.165, 1.54) is 11.8 Å². The molecule has 1 aromatic carbocycles. The topological polar surface area (TPSA) is 125 Å². The van der Waals surface area contributed by atoms with Crippen LogP contribution >= 0.6 is 11.8 Å². The molecule has 0 fully saturated rings. The number of thioether (sulfide) groups is 1. The van der Waals surface area contributed by atoms with Crippen LogP contribution in [0.3, 0.4) is 0 Å². The van der Waals surface area contributed by atoms with E-state index in [-0.39, 0.29) is 5.91 Å². The quantitative estimate of drug-likeness (QED) is 0.212. The molecule has 0 spiro atoms. The fraction of sp³-hybridized carbons (Fsp3) is 0.591. The van der Waals surface area contributed by atoms with Gasteiger partial charge < -0.3 is 21.7 Å². The smallest absolute Gasteiger partial charge is 0.251 e. The molecule has 0 aliphatic carbocycles. The van der Waals surface area contributed by atoms with Crippen molar-refractivity contribution >= 4 is 27.7 Å². The first-order chi connectivity index (χ1) is 15.5. The van der Waals surface area contributed by atoms with Crippen LogP contribution in [0.5, 0.6) is 0 Å². The van der Waals surface area contributed by atoms with E-state index in [0.717, 1.165) is 63.3 Å². The number of amides is 1. The maximum absolute atomic E-state index is 12.5. The minimum atomic E-state index is -3.39. The van der Waals surface area contributed by atoms with E-state index in [2.05, 4.69) is 20.7 Å². The maximum atomic E-state index is 12.5. The summed E-state index contributed by atoms with van der Waals surface area (Å²) in [6.07, 6.45) is 6.31. The Morgan fingerprint density at radius 1 is 0.969 bits per heavy atom. The highest BCUT2D eigenvalue weighted by Crippen LogP contribution is 2.34. The maximum Gasteiger partial charge on any atom is 0.251 e. The van der Waals surface area contributed by atoms with Crippen molar-refractivity contribution in [3.8, 4) is 0 Å². The summed E-state index contributed by atoms with van der Waals surface area (Å²) in [4.78, 5) is 13.0. The third-order valence-electron chi connectivity index (χ3n) is 4.97. The Morgan fingerprint density at radius 2 is 1.62 bits per heavy atom. The summed E-state index contributed by atoms with van der Waals surface area (Å²) in [5.41, 5.74) is 6.04. The van der Waals surface area contributed by atoms with Crippen LogP contribution in [-0.2, 0) is 10.0 Å². The summed E-state index contributed by atoms with van der Waals surface area (Å²) < 4.78 is 27.2. The SMILES string of the molecule is NCCCNCCCCNCCCNS(=O)(=O)C1CC=C(CNC(=O)c2ccccc2)S1. The fourth-order valence-corrected chi connectivity index (χ4v) is 6.08. The molecule has 2 rings (SSSR count). The van der Waals surface area contributed by atoms with Gasteiger partial charge >= 0.3 is 0 Å². The largest absolute Gasteiger partial charge is 0.347 e. The van der Waals surface area contributed by atoms with E-state index in [1.54, 1.807) is 12.1 Å². The molecule has 32 heavy (non-hydrogen) atoms. The molecule has 1 amide bonds. The average molecular weight is 484 g/mol. The van der Waals surface area contributed by atoms with Gasteiger partial charge in [-0.15, -0.1) is 11.8 Å². The van der Waals surface area contributed by atoms with Crippen LogP contribution in [0, 0.1) is 0 Å². The van der Waals surface area contributed by atoms with Crippen LogP contribution in [0.25, 0.3) is 0 Å². The number of rotatable bonds is 17. The van der Waals surface area contributed by atoms with Gasteiger partial charge in [0.1, 0.15) is 4.58 Å². The number of benzene rings is 1. The van der Waals surface area contributed by atoms with E-state index >= 15 is 0 Å². The first-order valence-electron chi connectivity index (χ1n) is 11.3. The second-order valence-corrected chi connectivity index (χ2v) is 11.2. The van der Waals surface area contributed by atoms with Gasteiger partial charge in [0.25, 0.3) is 5.91 Å². The average Bonchev–Trinajstić information content (AvgIpc) is 3.29. The number of sulfonamides is 1. The van der Waals surface area contributed by atoms with Crippen molar-refractivity contribution in [3.63, 3.8) is 0 Å². The van der Waals surface area contributed by atoms with Crippen LogP contribution in [0.15, 0.2) is 41.3 Å². The van der Waals surface area contributed by atoms with Gasteiger partial charge in [0, 0.05) is 23.6 Å². The first kappa shape index (κ1) is 26.8. The summed E-state index contributed by atoms with van der Waals surface area (Å²) in [5.74, 6) is -0.160. The van der Waals surface area contributed by atoms with Gasteiger partial charge in [0.05, 0.1) is 0 Å². The van der Waals surface area contributed by atoms with Crippen LogP contribution < -0.4 is 26.4 Å². The summed E-state index contributed by atoms with van der Waals surface area (Å²) in [7, 11) is -3.39. The molecule has 10 heteroatoms. The zero-order valence-electron chi connectivity index (χ0n) is 18.6. The molecule has 1 aliphatic heterocycles. The van der Waals surface area contributed by atoms with Gasteiger partial charge in [0.15, 0.2) is 0 Å². The minimum Gasteiger partial charge on any atom is -0.347 e. The Labute approximate surface area is 196 Å². The van der Waals surface area contributed by atoms with Crippen LogP contribution in [0.2, 0.25) is 0 Å². The van der Waals surface area contributed by atoms with Crippen molar-refractivity contribution in [2.45, 2.75) is 36.7 Å². The van der Waals surface area contributed by atoms with Crippen molar-refractivity contribution in [2.24, 2.45) is 5.73 Å². The van der Waals surface area contributed by atoms with Crippen molar-refractivity contribution in [3.05, 3.63) is 46.9 Å². The molecule has 6 N–H and O–H groups in total. The van der Waals surface area contributed by atoms with E-state index in [4.69, 9.17) is 5.73 Å². The van der Waals surface area contributed by atoms with Gasteiger partial charge in [-0.05, 0) is 77.0 Å². The highest BCUT2D eigenvalue weighted by molar-refractivity contribution is 8.15. The number of carbonyl (C=O) groups excluding carboxylic acids is 1. The Hall–Kier alpha value is -1.43. The van der Waals surface area contributed by atoms with Crippen LogP contribution in [0.4, 0.5) is 0 Å². The molecular weight excluding hydrogens is 446 g/mol. The van der Waals surface area contributed by atoms with Crippen molar-refractivity contribution < 1.29 is 13.2 Å². The predicted molar refractivity (Wildman–Crippen MR) is 133 cm³/mol. The van der Waals surface area contributed by atoms with Gasteiger partial charge in [-0.3, -0.25) is 4.79 Å². The van der Waals surface area contributed by atoms with Crippen LogP contribution in [0.1, 0.15) is 42.5 Å². The third-order valence-corrected chi connectivity index (χ3v) is 8.58. The number of hydrogen-bond donors (Lipinski definition) is 5. The molecule has 1 atom stereocenters.